The van der Waals surface area contributed by atoms with Crippen molar-refractivity contribution in [1.82, 2.24) is 4.98 Å². The summed E-state index contributed by atoms with van der Waals surface area (Å²) in [5.74, 6) is 0.323. The second-order valence-electron chi connectivity index (χ2n) is 8.10. The fraction of sp³-hybridized carbons (Fsp3) is 0.360. The van der Waals surface area contributed by atoms with Crippen molar-refractivity contribution in [3.8, 4) is 5.75 Å². The Morgan fingerprint density at radius 2 is 2.06 bits per heavy atom. The maximum absolute atomic E-state index is 13.1. The molecular weight excluding hydrogens is 474 g/mol. The van der Waals surface area contributed by atoms with Crippen LogP contribution in [0.2, 0.25) is 0 Å². The van der Waals surface area contributed by atoms with Crippen LogP contribution in [-0.2, 0) is 21.5 Å². The van der Waals surface area contributed by atoms with E-state index in [0.717, 1.165) is 22.3 Å². The van der Waals surface area contributed by atoms with Crippen molar-refractivity contribution in [2.45, 2.75) is 44.8 Å². The summed E-state index contributed by atoms with van der Waals surface area (Å²) < 4.78 is 24.3. The van der Waals surface area contributed by atoms with Crippen LogP contribution < -0.4 is 4.74 Å². The van der Waals surface area contributed by atoms with Gasteiger partial charge in [-0.25, -0.2) is 9.78 Å². The van der Waals surface area contributed by atoms with Crippen LogP contribution in [0.15, 0.2) is 57.1 Å². The summed E-state index contributed by atoms with van der Waals surface area (Å²) in [6, 6.07) is 9.08. The number of nitrogens with zero attached hydrogens (tertiary/aromatic N) is 1. The van der Waals surface area contributed by atoms with Gasteiger partial charge >= 0.3 is 5.97 Å². The highest BCUT2D eigenvalue weighted by molar-refractivity contribution is 9.10. The number of hydrogen-bond acceptors (Lipinski definition) is 6. The zero-order valence-electron chi connectivity index (χ0n) is 18.6. The van der Waals surface area contributed by atoms with Crippen molar-refractivity contribution in [1.29, 1.82) is 0 Å². The number of hydrogen-bond donors (Lipinski definition) is 0. The van der Waals surface area contributed by atoms with Crippen LogP contribution in [-0.4, -0.2) is 31.3 Å². The minimum absolute atomic E-state index is 0.407. The molecule has 0 aliphatic heterocycles. The molecule has 2 atom stereocenters. The quantitative estimate of drug-likeness (QED) is 0.307. The molecule has 7 heteroatoms. The van der Waals surface area contributed by atoms with Gasteiger partial charge in [-0.15, -0.1) is 0 Å². The van der Waals surface area contributed by atoms with Gasteiger partial charge in [0.1, 0.15) is 11.9 Å². The fourth-order valence-corrected chi connectivity index (χ4v) is 4.79. The van der Waals surface area contributed by atoms with E-state index < -0.39 is 17.7 Å². The maximum atomic E-state index is 13.1. The number of halogens is 1. The molecule has 0 saturated carbocycles. The molecule has 0 fully saturated rings. The summed E-state index contributed by atoms with van der Waals surface area (Å²) in [6.45, 7) is 4.05. The highest BCUT2D eigenvalue weighted by Gasteiger charge is 2.49. The third kappa shape index (κ3) is 3.84. The van der Waals surface area contributed by atoms with E-state index in [-0.39, 0.29) is 0 Å². The molecule has 32 heavy (non-hydrogen) atoms. The number of carbonyl (C=O) groups is 1. The van der Waals surface area contributed by atoms with Crippen LogP contribution >= 0.6 is 15.9 Å². The van der Waals surface area contributed by atoms with Gasteiger partial charge in [0.25, 0.3) is 0 Å². The Bertz CT molecular complexity index is 1180. The Labute approximate surface area is 195 Å². The van der Waals surface area contributed by atoms with E-state index in [1.165, 1.54) is 0 Å². The van der Waals surface area contributed by atoms with E-state index in [1.807, 2.05) is 38.1 Å². The number of ether oxygens (including phenoxy) is 3. The third-order valence-corrected chi connectivity index (χ3v) is 6.66. The highest BCUT2D eigenvalue weighted by Crippen LogP contribution is 2.47. The molecule has 2 aromatic heterocycles. The standard InChI is InChI=1S/C25H26BrNO5/c1-15(2)11-13-25(30-4)20(32-24(28)16-7-5-6-8-19(16)26)10-9-17-21(29-3)18-12-14-31-23(18)27-22(17)25/h5-8,11-12,14,20H,9-10,13H2,1-4H3. The zero-order valence-corrected chi connectivity index (χ0v) is 20.2. The Morgan fingerprint density at radius 1 is 1.28 bits per heavy atom. The molecule has 0 saturated heterocycles. The number of fused-ring (bicyclic) bond motifs is 2. The van der Waals surface area contributed by atoms with Crippen LogP contribution in [0.5, 0.6) is 5.75 Å². The predicted octanol–water partition coefficient (Wildman–Crippen LogP) is 5.97. The SMILES string of the molecule is COc1c2c(nc3occc13)C(CC=C(C)C)(OC)C(OC(=O)c1ccccc1Br)CC2. The molecule has 6 nitrogen and oxygen atoms in total. The van der Waals surface area contributed by atoms with Gasteiger partial charge in [-0.05, 0) is 60.8 Å². The first-order valence-electron chi connectivity index (χ1n) is 10.5. The molecule has 3 aromatic rings. The van der Waals surface area contributed by atoms with Gasteiger partial charge in [-0.2, -0.15) is 0 Å². The molecule has 0 spiro atoms. The summed E-state index contributed by atoms with van der Waals surface area (Å²) >= 11 is 3.44. The monoisotopic (exact) mass is 499 g/mol. The van der Waals surface area contributed by atoms with E-state index >= 15 is 0 Å². The molecule has 0 bridgehead atoms. The van der Waals surface area contributed by atoms with Crippen molar-refractivity contribution in [2.24, 2.45) is 0 Å². The van der Waals surface area contributed by atoms with Crippen molar-refractivity contribution in [3.05, 3.63) is 69.5 Å². The highest BCUT2D eigenvalue weighted by atomic mass is 79.9. The maximum Gasteiger partial charge on any atom is 0.339 e. The molecule has 1 aliphatic carbocycles. The number of pyridine rings is 1. The van der Waals surface area contributed by atoms with Crippen LogP contribution in [0.1, 0.15) is 48.3 Å². The second-order valence-corrected chi connectivity index (χ2v) is 8.96. The van der Waals surface area contributed by atoms with E-state index in [4.69, 9.17) is 23.6 Å². The first-order chi connectivity index (χ1) is 15.4. The summed E-state index contributed by atoms with van der Waals surface area (Å²) in [5.41, 5.74) is 2.74. The van der Waals surface area contributed by atoms with Crippen LogP contribution in [0.4, 0.5) is 0 Å². The zero-order chi connectivity index (χ0) is 22.9. The Kier molecular flexibility index (Phi) is 6.40. The summed E-state index contributed by atoms with van der Waals surface area (Å²) in [4.78, 5) is 17.9. The van der Waals surface area contributed by atoms with E-state index in [9.17, 15) is 4.79 Å². The van der Waals surface area contributed by atoms with Crippen molar-refractivity contribution in [3.63, 3.8) is 0 Å². The molecule has 1 aromatic carbocycles. The van der Waals surface area contributed by atoms with Crippen molar-refractivity contribution in [2.75, 3.05) is 14.2 Å². The summed E-state index contributed by atoms with van der Waals surface area (Å²) in [6.07, 6.45) is 4.85. The van der Waals surface area contributed by atoms with Gasteiger partial charge in [0.2, 0.25) is 5.71 Å². The van der Waals surface area contributed by atoms with E-state index in [0.29, 0.717) is 40.7 Å². The fourth-order valence-electron chi connectivity index (χ4n) is 4.34. The van der Waals surface area contributed by atoms with E-state index in [1.54, 1.807) is 26.5 Å². The molecule has 168 valence electrons. The number of allylic oxidation sites excluding steroid dienone is 1. The lowest BCUT2D eigenvalue weighted by Gasteiger charge is -2.42. The van der Waals surface area contributed by atoms with Gasteiger partial charge in [0, 0.05) is 23.6 Å². The van der Waals surface area contributed by atoms with Gasteiger partial charge in [0.05, 0.1) is 30.0 Å². The normalized spacial score (nSPS) is 20.0. The third-order valence-electron chi connectivity index (χ3n) is 5.97. The lowest BCUT2D eigenvalue weighted by Crippen LogP contribution is -2.48. The largest absolute Gasteiger partial charge is 0.496 e. The molecule has 2 heterocycles. The first-order valence-corrected chi connectivity index (χ1v) is 11.3. The Morgan fingerprint density at radius 3 is 2.75 bits per heavy atom. The Hall–Kier alpha value is -2.64. The minimum Gasteiger partial charge on any atom is -0.496 e. The van der Waals surface area contributed by atoms with Gasteiger partial charge in [-0.1, -0.05) is 23.8 Å². The van der Waals surface area contributed by atoms with Crippen LogP contribution in [0.25, 0.3) is 11.1 Å². The predicted molar refractivity (Wildman–Crippen MR) is 125 cm³/mol. The number of aromatic nitrogens is 1. The number of furan rings is 1. The number of methoxy groups -OCH3 is 2. The average Bonchev–Trinajstić information content (AvgIpc) is 3.25. The smallest absolute Gasteiger partial charge is 0.339 e. The molecular formula is C25H26BrNO5. The van der Waals surface area contributed by atoms with Crippen molar-refractivity contribution < 1.29 is 23.4 Å². The summed E-state index contributed by atoms with van der Waals surface area (Å²) in [7, 11) is 3.28. The number of esters is 1. The van der Waals surface area contributed by atoms with E-state index in [2.05, 4.69) is 22.0 Å². The lowest BCUT2D eigenvalue weighted by molar-refractivity contribution is -0.124. The molecule has 0 radical (unpaired) electrons. The van der Waals surface area contributed by atoms with Crippen LogP contribution in [0.3, 0.4) is 0 Å². The average molecular weight is 500 g/mol. The number of benzene rings is 1. The molecule has 4 rings (SSSR count). The lowest BCUT2D eigenvalue weighted by atomic mass is 9.77. The number of carbonyl (C=O) groups excluding carboxylic acids is 1. The van der Waals surface area contributed by atoms with Gasteiger partial charge < -0.3 is 18.6 Å². The second kappa shape index (κ2) is 9.08. The molecule has 1 aliphatic rings. The summed E-state index contributed by atoms with van der Waals surface area (Å²) in [5, 5.41) is 0.821. The van der Waals surface area contributed by atoms with Gasteiger partial charge in [0.15, 0.2) is 5.60 Å². The first kappa shape index (κ1) is 22.6. The molecule has 2 unspecified atom stereocenters. The number of rotatable bonds is 6. The van der Waals surface area contributed by atoms with Crippen LogP contribution in [0, 0.1) is 0 Å². The van der Waals surface area contributed by atoms with Gasteiger partial charge in [-0.3, -0.25) is 0 Å². The minimum atomic E-state index is -0.976. The topological polar surface area (TPSA) is 70.8 Å². The van der Waals surface area contributed by atoms with Crippen molar-refractivity contribution >= 4 is 33.0 Å². The Balaban J connectivity index is 1.84. The molecule has 0 amide bonds. The molecule has 0 N–H and O–H groups in total.